The fraction of sp³-hybridized carbons (Fsp3) is 0.500. The van der Waals surface area contributed by atoms with Gasteiger partial charge in [0.15, 0.2) is 0 Å². The molecule has 2 aromatic rings. The highest BCUT2D eigenvalue weighted by molar-refractivity contribution is 7.09. The lowest BCUT2D eigenvalue weighted by molar-refractivity contribution is -0.144. The van der Waals surface area contributed by atoms with Crippen molar-refractivity contribution in [1.29, 1.82) is 0 Å². The molecule has 0 fully saturated rings. The fourth-order valence-corrected chi connectivity index (χ4v) is 3.86. The van der Waals surface area contributed by atoms with Crippen LogP contribution in [0.2, 0.25) is 0 Å². The van der Waals surface area contributed by atoms with Crippen LogP contribution in [0.25, 0.3) is 0 Å². The zero-order valence-corrected chi connectivity index (χ0v) is 19.5. The van der Waals surface area contributed by atoms with Gasteiger partial charge < -0.3 is 9.80 Å². The van der Waals surface area contributed by atoms with Crippen LogP contribution in [0.4, 0.5) is 4.39 Å². The van der Waals surface area contributed by atoms with Crippen LogP contribution in [0, 0.1) is 11.2 Å². The molecule has 1 heterocycles. The predicted octanol–water partition coefficient (Wildman–Crippen LogP) is 5.48. The topological polar surface area (TPSA) is 40.6 Å². The molecule has 0 saturated heterocycles. The van der Waals surface area contributed by atoms with Crippen molar-refractivity contribution < 1.29 is 14.0 Å². The first kappa shape index (κ1) is 24.1. The fourth-order valence-electron chi connectivity index (χ4n) is 3.14. The Balaban J connectivity index is 2.20. The second-order valence-corrected chi connectivity index (χ2v) is 10.0. The molecule has 0 bridgehead atoms. The minimum absolute atomic E-state index is 0.00283. The van der Waals surface area contributed by atoms with Crippen molar-refractivity contribution in [3.8, 4) is 0 Å². The van der Waals surface area contributed by atoms with Gasteiger partial charge in [0.2, 0.25) is 11.8 Å². The maximum absolute atomic E-state index is 13.3. The third-order valence-corrected chi connectivity index (χ3v) is 5.86. The first-order valence-corrected chi connectivity index (χ1v) is 11.3. The Morgan fingerprint density at radius 2 is 1.73 bits per heavy atom. The number of amides is 2. The van der Waals surface area contributed by atoms with Crippen molar-refractivity contribution in [2.75, 3.05) is 6.54 Å². The van der Waals surface area contributed by atoms with Crippen LogP contribution >= 0.6 is 11.3 Å². The molecule has 0 aliphatic rings. The van der Waals surface area contributed by atoms with E-state index in [-0.39, 0.29) is 35.6 Å². The van der Waals surface area contributed by atoms with Gasteiger partial charge in [-0.05, 0) is 47.9 Å². The van der Waals surface area contributed by atoms with Gasteiger partial charge in [-0.3, -0.25) is 9.59 Å². The summed E-state index contributed by atoms with van der Waals surface area (Å²) >= 11 is 1.59. The molecule has 2 rings (SSSR count). The molecule has 2 amide bonds. The summed E-state index contributed by atoms with van der Waals surface area (Å²) in [5.74, 6) is -0.399. The molecular formula is C24H33FN2O2S. The number of benzene rings is 1. The molecule has 4 nitrogen and oxygen atoms in total. The van der Waals surface area contributed by atoms with E-state index in [0.29, 0.717) is 19.5 Å². The van der Waals surface area contributed by atoms with E-state index in [4.69, 9.17) is 0 Å². The monoisotopic (exact) mass is 432 g/mol. The van der Waals surface area contributed by atoms with Gasteiger partial charge in [0.25, 0.3) is 0 Å². The number of rotatable bonds is 9. The first-order chi connectivity index (χ1) is 14.1. The van der Waals surface area contributed by atoms with Crippen molar-refractivity contribution >= 4 is 23.2 Å². The maximum Gasteiger partial charge on any atom is 0.242 e. The molecule has 6 heteroatoms. The lowest BCUT2D eigenvalue weighted by Crippen LogP contribution is -2.47. The van der Waals surface area contributed by atoms with Crippen molar-refractivity contribution in [3.63, 3.8) is 0 Å². The average molecular weight is 433 g/mol. The van der Waals surface area contributed by atoms with Crippen LogP contribution in [0.15, 0.2) is 41.8 Å². The lowest BCUT2D eigenvalue weighted by atomic mass is 9.91. The predicted molar refractivity (Wildman–Crippen MR) is 121 cm³/mol. The molecule has 1 aromatic heterocycles. The van der Waals surface area contributed by atoms with E-state index in [2.05, 4.69) is 0 Å². The van der Waals surface area contributed by atoms with Crippen LogP contribution in [-0.4, -0.2) is 34.2 Å². The Hall–Kier alpha value is -2.21. The van der Waals surface area contributed by atoms with Gasteiger partial charge >= 0.3 is 0 Å². The number of carbonyl (C=O) groups is 2. The Kier molecular flexibility index (Phi) is 8.59. The molecule has 0 saturated carbocycles. The summed E-state index contributed by atoms with van der Waals surface area (Å²) in [4.78, 5) is 30.8. The minimum atomic E-state index is -0.300. The quantitative estimate of drug-likeness (QED) is 0.526. The molecule has 1 aromatic carbocycles. The number of thiophene rings is 1. The molecule has 30 heavy (non-hydrogen) atoms. The Labute approximate surface area is 183 Å². The van der Waals surface area contributed by atoms with Gasteiger partial charge in [-0.2, -0.15) is 0 Å². The average Bonchev–Trinajstić information content (AvgIpc) is 3.18. The summed E-state index contributed by atoms with van der Waals surface area (Å²) in [5.41, 5.74) is 0.716. The van der Waals surface area contributed by atoms with Gasteiger partial charge in [-0.15, -0.1) is 11.3 Å². The van der Waals surface area contributed by atoms with Crippen LogP contribution < -0.4 is 0 Å². The molecule has 0 radical (unpaired) electrons. The summed E-state index contributed by atoms with van der Waals surface area (Å²) in [5, 5.41) is 1.98. The molecule has 0 aliphatic carbocycles. The van der Waals surface area contributed by atoms with Gasteiger partial charge in [0, 0.05) is 23.9 Å². The van der Waals surface area contributed by atoms with Crippen molar-refractivity contribution in [1.82, 2.24) is 9.80 Å². The number of halogens is 1. The molecule has 0 aliphatic heterocycles. The van der Waals surface area contributed by atoms with Crippen LogP contribution in [0.1, 0.15) is 57.9 Å². The normalized spacial score (nSPS) is 12.5. The number of carbonyl (C=O) groups excluding carboxylic acids is 2. The van der Waals surface area contributed by atoms with E-state index in [1.807, 2.05) is 52.1 Å². The third kappa shape index (κ3) is 7.56. The van der Waals surface area contributed by atoms with Gasteiger partial charge in [0.05, 0.1) is 6.54 Å². The standard InChI is InChI=1S/C24H33FN2O2S/c1-6-18(2)27(22(28)14-24(3,4)5)17-23(29)26(16-21-8-7-13-30-21)15-19-9-11-20(25)12-10-19/h7-13,18H,6,14-17H2,1-5H3. The summed E-state index contributed by atoms with van der Waals surface area (Å²) in [6, 6.07) is 10.1. The third-order valence-electron chi connectivity index (χ3n) is 5.00. The lowest BCUT2D eigenvalue weighted by Gasteiger charge is -2.33. The van der Waals surface area contributed by atoms with Crippen molar-refractivity contribution in [3.05, 3.63) is 58.0 Å². The number of hydrogen-bond donors (Lipinski definition) is 0. The highest BCUT2D eigenvalue weighted by Crippen LogP contribution is 2.22. The molecule has 164 valence electrons. The Morgan fingerprint density at radius 3 is 2.27 bits per heavy atom. The summed E-state index contributed by atoms with van der Waals surface area (Å²) in [7, 11) is 0. The van der Waals surface area contributed by atoms with E-state index in [9.17, 15) is 14.0 Å². The minimum Gasteiger partial charge on any atom is -0.332 e. The molecule has 0 N–H and O–H groups in total. The molecular weight excluding hydrogens is 399 g/mol. The molecule has 1 unspecified atom stereocenters. The Morgan fingerprint density at radius 1 is 1.07 bits per heavy atom. The summed E-state index contributed by atoms with van der Waals surface area (Å²) in [6.45, 7) is 11.0. The van der Waals surface area contributed by atoms with E-state index in [0.717, 1.165) is 16.9 Å². The molecule has 1 atom stereocenters. The largest absolute Gasteiger partial charge is 0.332 e. The van der Waals surface area contributed by atoms with Gasteiger partial charge in [-0.25, -0.2) is 4.39 Å². The molecule has 0 spiro atoms. The van der Waals surface area contributed by atoms with Gasteiger partial charge in [0.1, 0.15) is 12.4 Å². The second-order valence-electron chi connectivity index (χ2n) is 8.97. The highest BCUT2D eigenvalue weighted by atomic mass is 32.1. The van der Waals surface area contributed by atoms with E-state index in [1.165, 1.54) is 12.1 Å². The SMILES string of the molecule is CCC(C)N(CC(=O)N(Cc1ccc(F)cc1)Cc1cccs1)C(=O)CC(C)(C)C. The second kappa shape index (κ2) is 10.7. The van der Waals surface area contributed by atoms with Gasteiger partial charge in [-0.1, -0.05) is 45.9 Å². The van der Waals surface area contributed by atoms with Crippen LogP contribution in [0.3, 0.4) is 0 Å². The summed E-state index contributed by atoms with van der Waals surface area (Å²) < 4.78 is 13.3. The zero-order chi connectivity index (χ0) is 22.3. The van der Waals surface area contributed by atoms with E-state index >= 15 is 0 Å². The van der Waals surface area contributed by atoms with Crippen LogP contribution in [0.5, 0.6) is 0 Å². The highest BCUT2D eigenvalue weighted by Gasteiger charge is 2.28. The van der Waals surface area contributed by atoms with E-state index in [1.54, 1.807) is 33.3 Å². The zero-order valence-electron chi connectivity index (χ0n) is 18.7. The number of nitrogens with zero attached hydrogens (tertiary/aromatic N) is 2. The van der Waals surface area contributed by atoms with E-state index < -0.39 is 0 Å². The Bertz CT molecular complexity index is 813. The first-order valence-electron chi connectivity index (χ1n) is 10.4. The summed E-state index contributed by atoms with van der Waals surface area (Å²) in [6.07, 6.45) is 1.18. The maximum atomic E-state index is 13.3. The number of hydrogen-bond acceptors (Lipinski definition) is 3. The van der Waals surface area contributed by atoms with Crippen LogP contribution in [-0.2, 0) is 22.7 Å². The van der Waals surface area contributed by atoms with Crippen molar-refractivity contribution in [2.45, 2.75) is 66.6 Å². The van der Waals surface area contributed by atoms with Crippen molar-refractivity contribution in [2.24, 2.45) is 5.41 Å². The smallest absolute Gasteiger partial charge is 0.242 e.